The second-order valence-electron chi connectivity index (χ2n) is 10.6. The molecule has 7 rings (SSSR count). The molecule has 0 unspecified atom stereocenters. The van der Waals surface area contributed by atoms with E-state index in [-0.39, 0.29) is 17.4 Å². The van der Waals surface area contributed by atoms with Gasteiger partial charge in [0, 0.05) is 6.42 Å². The van der Waals surface area contributed by atoms with E-state index < -0.39 is 0 Å². The van der Waals surface area contributed by atoms with Crippen LogP contribution >= 0.6 is 0 Å². The maximum Gasteiger partial charge on any atom is 0.249 e. The van der Waals surface area contributed by atoms with Gasteiger partial charge in [-0.2, -0.15) is 5.10 Å². The first-order chi connectivity index (χ1) is 16.1. The van der Waals surface area contributed by atoms with Crippen molar-refractivity contribution in [3.63, 3.8) is 0 Å². The molecule has 4 bridgehead atoms. The summed E-state index contributed by atoms with van der Waals surface area (Å²) in [4.78, 5) is 14.3. The van der Waals surface area contributed by atoms with Gasteiger partial charge in [0.15, 0.2) is 0 Å². The quantitative estimate of drug-likeness (QED) is 0.603. The van der Waals surface area contributed by atoms with Crippen LogP contribution in [0.1, 0.15) is 62.1 Å². The molecule has 33 heavy (non-hydrogen) atoms. The van der Waals surface area contributed by atoms with Crippen LogP contribution in [0.25, 0.3) is 0 Å². The summed E-state index contributed by atoms with van der Waals surface area (Å²) >= 11 is 0. The number of amides is 1. The summed E-state index contributed by atoms with van der Waals surface area (Å²) in [6, 6.07) is 16.0. The lowest BCUT2D eigenvalue weighted by Crippen LogP contribution is -2.53. The molecule has 0 saturated heterocycles. The average molecular weight is 445 g/mol. The number of rotatable bonds is 5. The smallest absolute Gasteiger partial charge is 0.249 e. The van der Waals surface area contributed by atoms with E-state index in [9.17, 15) is 4.79 Å². The molecule has 5 nitrogen and oxygen atoms in total. The molecule has 1 amide bonds. The maximum atomic E-state index is 14.3. The number of methoxy groups -OCH3 is 2. The SMILES string of the molecule is COc1ccc(C2=NN(C(=O)C34CC5CC(CC(C5)C3)C4)[C@@H](c3cccc(OC)c3)C2)cc1. The molecule has 0 spiro atoms. The molecule has 2 aromatic carbocycles. The Hall–Kier alpha value is -2.82. The van der Waals surface area contributed by atoms with Crippen molar-refractivity contribution >= 4 is 11.6 Å². The molecule has 4 saturated carbocycles. The van der Waals surface area contributed by atoms with Crippen molar-refractivity contribution in [2.24, 2.45) is 28.3 Å². The Morgan fingerprint density at radius 2 is 1.55 bits per heavy atom. The minimum atomic E-state index is -0.218. The van der Waals surface area contributed by atoms with E-state index in [4.69, 9.17) is 14.6 Å². The van der Waals surface area contributed by atoms with Crippen molar-refractivity contribution in [2.45, 2.75) is 51.0 Å². The van der Waals surface area contributed by atoms with Crippen molar-refractivity contribution in [1.29, 1.82) is 0 Å². The van der Waals surface area contributed by atoms with Crippen LogP contribution in [0.15, 0.2) is 53.6 Å². The third-order valence-electron chi connectivity index (χ3n) is 8.51. The number of benzene rings is 2. The van der Waals surface area contributed by atoms with E-state index in [1.807, 2.05) is 41.4 Å². The molecule has 172 valence electrons. The van der Waals surface area contributed by atoms with Gasteiger partial charge in [0.1, 0.15) is 11.5 Å². The highest BCUT2D eigenvalue weighted by Crippen LogP contribution is 2.61. The van der Waals surface area contributed by atoms with E-state index in [1.54, 1.807) is 14.2 Å². The Labute approximate surface area is 195 Å². The molecule has 1 atom stereocenters. The van der Waals surface area contributed by atoms with Gasteiger partial charge >= 0.3 is 0 Å². The van der Waals surface area contributed by atoms with Gasteiger partial charge in [-0.05, 0) is 104 Å². The third kappa shape index (κ3) is 3.53. The molecule has 0 aromatic heterocycles. The zero-order valence-corrected chi connectivity index (χ0v) is 19.5. The van der Waals surface area contributed by atoms with Crippen LogP contribution in [0.3, 0.4) is 0 Å². The summed E-state index contributed by atoms with van der Waals surface area (Å²) in [7, 11) is 3.36. The summed E-state index contributed by atoms with van der Waals surface area (Å²) in [6.45, 7) is 0. The van der Waals surface area contributed by atoms with Gasteiger partial charge < -0.3 is 9.47 Å². The fraction of sp³-hybridized carbons (Fsp3) is 0.500. The molecule has 4 aliphatic carbocycles. The van der Waals surface area contributed by atoms with E-state index in [2.05, 4.69) is 12.1 Å². The normalized spacial score (nSPS) is 32.1. The Balaban J connectivity index is 1.37. The number of carbonyl (C=O) groups is 1. The predicted molar refractivity (Wildman–Crippen MR) is 127 cm³/mol. The fourth-order valence-corrected chi connectivity index (χ4v) is 7.38. The first-order valence-corrected chi connectivity index (χ1v) is 12.3. The number of hydrazone groups is 1. The van der Waals surface area contributed by atoms with Crippen LogP contribution in [0, 0.1) is 23.2 Å². The topological polar surface area (TPSA) is 51.1 Å². The average Bonchev–Trinajstić information content (AvgIpc) is 3.28. The van der Waals surface area contributed by atoms with E-state index >= 15 is 0 Å². The highest BCUT2D eigenvalue weighted by atomic mass is 16.5. The lowest BCUT2D eigenvalue weighted by molar-refractivity contribution is -0.159. The Kier molecular flexibility index (Phi) is 4.97. The van der Waals surface area contributed by atoms with Crippen LogP contribution < -0.4 is 9.47 Å². The predicted octanol–water partition coefficient (Wildman–Crippen LogP) is 5.60. The zero-order chi connectivity index (χ0) is 22.6. The maximum absolute atomic E-state index is 14.3. The molecule has 1 heterocycles. The molecule has 5 aliphatic rings. The van der Waals surface area contributed by atoms with E-state index in [0.717, 1.165) is 65.4 Å². The summed E-state index contributed by atoms with van der Waals surface area (Å²) in [5, 5.41) is 6.85. The van der Waals surface area contributed by atoms with Gasteiger partial charge in [0.2, 0.25) is 5.91 Å². The first kappa shape index (κ1) is 20.8. The molecule has 4 fully saturated rings. The molecule has 1 aliphatic heterocycles. The lowest BCUT2D eigenvalue weighted by atomic mass is 9.49. The number of carbonyl (C=O) groups excluding carboxylic acids is 1. The molecule has 0 N–H and O–H groups in total. The van der Waals surface area contributed by atoms with Gasteiger partial charge in [-0.15, -0.1) is 0 Å². The van der Waals surface area contributed by atoms with Crippen LogP contribution in [0.5, 0.6) is 11.5 Å². The summed E-state index contributed by atoms with van der Waals surface area (Å²) in [6.07, 6.45) is 7.83. The van der Waals surface area contributed by atoms with E-state index in [0.29, 0.717) is 6.42 Å². The number of nitrogens with zero attached hydrogens (tertiary/aromatic N) is 2. The van der Waals surface area contributed by atoms with Gasteiger partial charge in [0.05, 0.1) is 31.4 Å². The summed E-state index contributed by atoms with van der Waals surface area (Å²) in [5.41, 5.74) is 2.87. The second-order valence-corrected chi connectivity index (χ2v) is 10.6. The van der Waals surface area contributed by atoms with Crippen molar-refractivity contribution in [3.05, 3.63) is 59.7 Å². The van der Waals surface area contributed by atoms with Crippen LogP contribution in [-0.2, 0) is 4.79 Å². The first-order valence-electron chi connectivity index (χ1n) is 12.3. The summed E-state index contributed by atoms with van der Waals surface area (Å²) < 4.78 is 10.8. The highest BCUT2D eigenvalue weighted by molar-refractivity contribution is 6.03. The second kappa shape index (κ2) is 7.89. The van der Waals surface area contributed by atoms with Crippen molar-refractivity contribution in [2.75, 3.05) is 14.2 Å². The van der Waals surface area contributed by atoms with Gasteiger partial charge in [-0.3, -0.25) is 4.79 Å². The monoisotopic (exact) mass is 444 g/mol. The molecular formula is C28H32N2O3. The van der Waals surface area contributed by atoms with Crippen LogP contribution in [0.4, 0.5) is 0 Å². The number of ether oxygens (including phenoxy) is 2. The molecule has 2 aromatic rings. The van der Waals surface area contributed by atoms with Crippen molar-refractivity contribution < 1.29 is 14.3 Å². The van der Waals surface area contributed by atoms with Gasteiger partial charge in [-0.1, -0.05) is 12.1 Å². The largest absolute Gasteiger partial charge is 0.497 e. The Morgan fingerprint density at radius 3 is 2.15 bits per heavy atom. The Bertz CT molecular complexity index is 1060. The standard InChI is InChI=1S/C28H32N2O3/c1-32-23-8-6-21(7-9-23)25-14-26(22-4-3-5-24(13-22)33-2)30(29-25)27(31)28-15-18-10-19(16-28)12-20(11-18)17-28/h3-9,13,18-20,26H,10-12,14-17H2,1-2H3/t18?,19?,20?,26-,28?/m1/s1. The minimum Gasteiger partial charge on any atom is -0.497 e. The molecule has 0 radical (unpaired) electrons. The van der Waals surface area contributed by atoms with Gasteiger partial charge in [-0.25, -0.2) is 5.01 Å². The summed E-state index contributed by atoms with van der Waals surface area (Å²) in [5.74, 6) is 4.06. The number of hydrogen-bond donors (Lipinski definition) is 0. The Morgan fingerprint density at radius 1 is 0.909 bits per heavy atom. The molecule has 5 heteroatoms. The van der Waals surface area contributed by atoms with E-state index in [1.165, 1.54) is 19.3 Å². The molecular weight excluding hydrogens is 412 g/mol. The lowest BCUT2D eigenvalue weighted by Gasteiger charge is -2.56. The van der Waals surface area contributed by atoms with Crippen LogP contribution in [-0.4, -0.2) is 30.8 Å². The minimum absolute atomic E-state index is 0.0993. The fourth-order valence-electron chi connectivity index (χ4n) is 7.38. The third-order valence-corrected chi connectivity index (χ3v) is 8.51. The number of hydrogen-bond acceptors (Lipinski definition) is 4. The van der Waals surface area contributed by atoms with Crippen molar-refractivity contribution in [1.82, 2.24) is 5.01 Å². The van der Waals surface area contributed by atoms with Gasteiger partial charge in [0.25, 0.3) is 0 Å². The van der Waals surface area contributed by atoms with Crippen molar-refractivity contribution in [3.8, 4) is 11.5 Å². The zero-order valence-electron chi connectivity index (χ0n) is 19.5. The van der Waals surface area contributed by atoms with Crippen LogP contribution in [0.2, 0.25) is 0 Å². The highest BCUT2D eigenvalue weighted by Gasteiger charge is 2.57.